The summed E-state index contributed by atoms with van der Waals surface area (Å²) in [6, 6.07) is 25.9. The molecular formula is C64H72F2N4S9. The van der Waals surface area contributed by atoms with Gasteiger partial charge in [-0.25, -0.2) is 8.78 Å². The lowest BCUT2D eigenvalue weighted by Gasteiger charge is -2.42. The Bertz CT molecular complexity index is 3420. The maximum absolute atomic E-state index is 17.2. The lowest BCUT2D eigenvalue weighted by molar-refractivity contribution is 0.484. The van der Waals surface area contributed by atoms with Crippen LogP contribution in [0, 0.1) is 23.5 Å². The van der Waals surface area contributed by atoms with Gasteiger partial charge in [0.25, 0.3) is 0 Å². The Balaban J connectivity index is 0.990. The second-order valence-electron chi connectivity index (χ2n) is 21.6. The summed E-state index contributed by atoms with van der Waals surface area (Å²) in [4.78, 5) is 17.0. The van der Waals surface area contributed by atoms with Gasteiger partial charge in [0, 0.05) is 69.7 Å². The number of thiophene rings is 6. The highest BCUT2D eigenvalue weighted by Gasteiger charge is 2.45. The van der Waals surface area contributed by atoms with E-state index in [1.807, 2.05) is 22.7 Å². The Labute approximate surface area is 500 Å². The summed E-state index contributed by atoms with van der Waals surface area (Å²) < 4.78 is 54.1. The van der Waals surface area contributed by atoms with Gasteiger partial charge in [0.2, 0.25) is 0 Å². The normalized spacial score (nSPS) is 14.2. The van der Waals surface area contributed by atoms with Crippen LogP contribution in [-0.4, -0.2) is 29.0 Å². The van der Waals surface area contributed by atoms with Crippen LogP contribution in [0.4, 0.5) is 8.78 Å². The zero-order valence-electron chi connectivity index (χ0n) is 46.4. The number of halogens is 2. The molecule has 0 aliphatic carbocycles. The molecule has 0 radical (unpaired) electrons. The fourth-order valence-corrected chi connectivity index (χ4v) is 26.1. The Hall–Kier alpha value is -3.51. The van der Waals surface area contributed by atoms with Crippen molar-refractivity contribution in [2.75, 3.05) is 11.5 Å². The summed E-state index contributed by atoms with van der Waals surface area (Å²) in [5.74, 6) is 2.85. The Morgan fingerprint density at radius 3 is 1.22 bits per heavy atom. The third-order valence-electron chi connectivity index (χ3n) is 16.1. The summed E-state index contributed by atoms with van der Waals surface area (Å²) in [5.41, 5.74) is 5.54. The third-order valence-corrected chi connectivity index (χ3v) is 29.3. The van der Waals surface area contributed by atoms with Crippen LogP contribution in [0.2, 0.25) is 0 Å². The molecule has 0 fully saturated rings. The van der Waals surface area contributed by atoms with E-state index in [9.17, 15) is 0 Å². The molecule has 2 unspecified atom stereocenters. The lowest BCUT2D eigenvalue weighted by atomic mass is 10.0. The van der Waals surface area contributed by atoms with Gasteiger partial charge in [0.15, 0.2) is 0 Å². The highest BCUT2D eigenvalue weighted by atomic mass is 32.3. The Morgan fingerprint density at radius 1 is 0.405 bits per heavy atom. The molecule has 0 amide bonds. The fraction of sp³-hybridized carbons (Fsp3) is 0.438. The molecule has 2 atom stereocenters. The molecular weight excluding hydrogens is 1150 g/mol. The molecule has 4 nitrogen and oxygen atoms in total. The van der Waals surface area contributed by atoms with Crippen LogP contribution in [0.1, 0.15) is 154 Å². The van der Waals surface area contributed by atoms with E-state index in [0.29, 0.717) is 34.0 Å². The van der Waals surface area contributed by atoms with Crippen molar-refractivity contribution in [1.29, 1.82) is 0 Å². The quantitative estimate of drug-likeness (QED) is 0.0459. The predicted octanol–water partition coefficient (Wildman–Crippen LogP) is 24.2. The molecule has 0 bridgehead atoms. The van der Waals surface area contributed by atoms with E-state index in [1.165, 1.54) is 152 Å². The van der Waals surface area contributed by atoms with Gasteiger partial charge in [0.05, 0.1) is 44.3 Å². The number of aryl methyl sites for hydroxylation is 2. The smallest absolute Gasteiger partial charge is 0.134 e. The number of benzene rings is 2. The lowest BCUT2D eigenvalue weighted by Crippen LogP contribution is -2.20. The van der Waals surface area contributed by atoms with Crippen LogP contribution >= 0.6 is 102 Å². The first-order valence-electron chi connectivity index (χ1n) is 29.0. The first kappa shape index (κ1) is 57.3. The molecule has 1 aliphatic heterocycles. The molecule has 2 aromatic carbocycles. The SMILES string of the molecule is CCCCCCc1ccc(-c2ccc(-c3c(F)cc(-c4cc5c(s4)-c4sc(-c6cc(F)c(-c7ccc(-c8ccc(CCCCCC)s8)s7)c7nsnc67)cc4S5(CC(CC)CCCC)CC(CC)CCCC)c4nsnc34)s2)s1. The van der Waals surface area contributed by atoms with Gasteiger partial charge >= 0.3 is 0 Å². The highest BCUT2D eigenvalue weighted by Crippen LogP contribution is 2.77. The number of hydrogen-bond donors (Lipinski definition) is 0. The average molecular weight is 1220 g/mol. The van der Waals surface area contributed by atoms with Crippen LogP contribution in [0.25, 0.3) is 93.1 Å². The van der Waals surface area contributed by atoms with Crippen molar-refractivity contribution >= 4 is 124 Å². The third kappa shape index (κ3) is 11.8. The maximum Gasteiger partial charge on any atom is 0.134 e. The minimum Gasteiger partial charge on any atom is -0.206 e. The van der Waals surface area contributed by atoms with Gasteiger partial charge in [0.1, 0.15) is 33.7 Å². The van der Waals surface area contributed by atoms with Crippen molar-refractivity contribution in [2.45, 2.75) is 167 Å². The summed E-state index contributed by atoms with van der Waals surface area (Å²) in [6.07, 6.45) is 21.7. The Kier molecular flexibility index (Phi) is 18.8. The summed E-state index contributed by atoms with van der Waals surface area (Å²) in [7, 11) is -1.63. The summed E-state index contributed by atoms with van der Waals surface area (Å²) in [5, 5.41) is 0. The fourth-order valence-electron chi connectivity index (χ4n) is 11.7. The molecule has 416 valence electrons. The average Bonchev–Trinajstić information content (AvgIpc) is 3.70. The number of hydrogen-bond acceptors (Lipinski definition) is 12. The molecule has 0 saturated heterocycles. The number of aromatic nitrogens is 4. The van der Waals surface area contributed by atoms with Crippen molar-refractivity contribution in [3.63, 3.8) is 0 Å². The van der Waals surface area contributed by atoms with Gasteiger partial charge in [-0.1, -0.05) is 119 Å². The predicted molar refractivity (Wildman–Crippen MR) is 350 cm³/mol. The van der Waals surface area contributed by atoms with Crippen LogP contribution in [0.15, 0.2) is 82.6 Å². The molecule has 8 aromatic heterocycles. The number of fused-ring (bicyclic) bond motifs is 5. The minimum absolute atomic E-state index is 0.257. The van der Waals surface area contributed by atoms with Crippen molar-refractivity contribution in [2.24, 2.45) is 11.8 Å². The van der Waals surface area contributed by atoms with Crippen LogP contribution < -0.4 is 0 Å². The van der Waals surface area contributed by atoms with Crippen molar-refractivity contribution < 1.29 is 8.78 Å². The molecule has 79 heavy (non-hydrogen) atoms. The highest BCUT2D eigenvalue weighted by molar-refractivity contribution is 8.34. The van der Waals surface area contributed by atoms with Gasteiger partial charge < -0.3 is 0 Å². The van der Waals surface area contributed by atoms with E-state index in [-0.39, 0.29) is 11.6 Å². The van der Waals surface area contributed by atoms with E-state index in [4.69, 9.17) is 17.5 Å². The molecule has 9 heterocycles. The van der Waals surface area contributed by atoms with Gasteiger partial charge in [-0.3, -0.25) is 0 Å². The van der Waals surface area contributed by atoms with Crippen LogP contribution in [0.3, 0.4) is 0 Å². The summed E-state index contributed by atoms with van der Waals surface area (Å²) >= 11 is 13.0. The second-order valence-corrected chi connectivity index (χ2v) is 32.6. The monoisotopic (exact) mass is 1220 g/mol. The molecule has 1 aliphatic rings. The van der Waals surface area contributed by atoms with E-state index in [2.05, 4.69) is 102 Å². The first-order valence-corrected chi connectivity index (χ1v) is 37.4. The molecule has 0 saturated carbocycles. The minimum atomic E-state index is -1.63. The van der Waals surface area contributed by atoms with Crippen molar-refractivity contribution in [3.8, 4) is 71.0 Å². The molecule has 0 N–H and O–H groups in total. The van der Waals surface area contributed by atoms with Gasteiger partial charge in [-0.05, 0) is 135 Å². The van der Waals surface area contributed by atoms with Gasteiger partial charge in [-0.2, -0.15) is 27.5 Å². The zero-order chi connectivity index (χ0) is 54.6. The van der Waals surface area contributed by atoms with E-state index < -0.39 is 10.0 Å². The standard InChI is InChI=1S/C64H72F2N4S9/c1-7-13-17-19-23-41-25-27-47(71-41)49-29-31-51(73-49)57-45(65)33-43(59-61(57)69-77-67-59)53-35-55-63(75-53)64-56(79(55,37-39(11-5)21-15-9-3)38-40(12-6)22-16-10-4)36-54(76-64)44-34-46(66)58(62-60(44)68-78-70-62)52-32-30-50(74-52)48-28-26-42(72-48)24-20-18-14-8-2/h25-36,39-40H,7-24,37-38H2,1-6H3. The Morgan fingerprint density at radius 2 is 0.797 bits per heavy atom. The van der Waals surface area contributed by atoms with Crippen LogP contribution in [-0.2, 0) is 12.8 Å². The molecule has 15 heteroatoms. The van der Waals surface area contributed by atoms with Crippen molar-refractivity contribution in [3.05, 3.63) is 94.2 Å². The number of rotatable bonds is 28. The second kappa shape index (κ2) is 26.0. The van der Waals surface area contributed by atoms with Gasteiger partial charge in [-0.15, -0.1) is 68.0 Å². The molecule has 0 spiro atoms. The molecule has 11 rings (SSSR count). The largest absolute Gasteiger partial charge is 0.206 e. The number of unbranched alkanes of at least 4 members (excludes halogenated alkanes) is 8. The van der Waals surface area contributed by atoms with E-state index >= 15 is 8.78 Å². The molecule has 10 aromatic rings. The van der Waals surface area contributed by atoms with E-state index in [1.54, 1.807) is 57.5 Å². The maximum atomic E-state index is 17.2. The number of nitrogens with zero attached hydrogens (tertiary/aromatic N) is 4. The first-order chi connectivity index (χ1) is 38.7. The topological polar surface area (TPSA) is 51.6 Å². The zero-order valence-corrected chi connectivity index (χ0v) is 53.8. The van der Waals surface area contributed by atoms with Crippen molar-refractivity contribution in [1.82, 2.24) is 17.5 Å². The summed E-state index contributed by atoms with van der Waals surface area (Å²) in [6.45, 7) is 13.9. The van der Waals surface area contributed by atoms with E-state index in [0.717, 1.165) is 88.6 Å². The van der Waals surface area contributed by atoms with Crippen LogP contribution in [0.5, 0.6) is 0 Å².